The lowest BCUT2D eigenvalue weighted by Gasteiger charge is -2.14. The first-order chi connectivity index (χ1) is 8.49. The Bertz CT molecular complexity index is 486. The van der Waals surface area contributed by atoms with E-state index in [1.54, 1.807) is 6.92 Å². The van der Waals surface area contributed by atoms with E-state index in [9.17, 15) is 19.7 Å². The highest BCUT2D eigenvalue weighted by Gasteiger charge is 2.21. The minimum absolute atomic E-state index is 0.143. The number of nitrogens with zero attached hydrogens (tertiary/aromatic N) is 1. The van der Waals surface area contributed by atoms with Crippen molar-refractivity contribution in [2.45, 2.75) is 19.4 Å². The van der Waals surface area contributed by atoms with Crippen LogP contribution in [0, 0.1) is 10.1 Å². The van der Waals surface area contributed by atoms with Crippen LogP contribution in [0.2, 0.25) is 0 Å². The summed E-state index contributed by atoms with van der Waals surface area (Å²) in [4.78, 5) is 31.8. The molecule has 1 aromatic rings. The first-order valence-corrected chi connectivity index (χ1v) is 5.19. The Balaban J connectivity index is 3.14. The predicted octanol–water partition coefficient (Wildman–Crippen LogP) is 1.05. The van der Waals surface area contributed by atoms with Crippen LogP contribution in [-0.4, -0.2) is 23.2 Å². The highest BCUT2D eigenvalue weighted by molar-refractivity contribution is 5.80. The molecule has 1 unspecified atom stereocenters. The number of carbonyl (C=O) groups excluding carboxylic acids is 2. The van der Waals surface area contributed by atoms with Gasteiger partial charge in [0.15, 0.2) is 11.9 Å². The summed E-state index contributed by atoms with van der Waals surface area (Å²) in [6.45, 7) is 1.66. The van der Waals surface area contributed by atoms with E-state index in [1.165, 1.54) is 12.1 Å². The molecule has 1 amide bonds. The highest BCUT2D eigenvalue weighted by Crippen LogP contribution is 2.28. The molecule has 0 saturated heterocycles. The number of hydrogen-bond donors (Lipinski definition) is 1. The molecule has 96 valence electrons. The fraction of sp³-hybridized carbons (Fsp3) is 0.273. The number of hydrogen-bond acceptors (Lipinski definition) is 5. The molecule has 1 atom stereocenters. The van der Waals surface area contributed by atoms with Gasteiger partial charge in [-0.2, -0.15) is 0 Å². The Morgan fingerprint density at radius 1 is 1.61 bits per heavy atom. The van der Waals surface area contributed by atoms with E-state index >= 15 is 0 Å². The summed E-state index contributed by atoms with van der Waals surface area (Å²) >= 11 is 0. The number of rotatable bonds is 6. The van der Waals surface area contributed by atoms with Gasteiger partial charge in [0.1, 0.15) is 6.29 Å². The number of primary amides is 1. The van der Waals surface area contributed by atoms with Crippen LogP contribution in [0.3, 0.4) is 0 Å². The smallest absolute Gasteiger partial charge is 0.310 e. The molecule has 0 saturated carbocycles. The van der Waals surface area contributed by atoms with Crippen molar-refractivity contribution in [1.82, 2.24) is 0 Å². The van der Waals surface area contributed by atoms with Crippen molar-refractivity contribution in [3.05, 3.63) is 33.9 Å². The lowest BCUT2D eigenvalue weighted by molar-refractivity contribution is -0.386. The molecule has 7 heteroatoms. The molecule has 0 aliphatic carbocycles. The largest absolute Gasteiger partial charge is 0.473 e. The van der Waals surface area contributed by atoms with Gasteiger partial charge in [-0.25, -0.2) is 0 Å². The van der Waals surface area contributed by atoms with E-state index in [-0.39, 0.29) is 23.4 Å². The number of carbonyl (C=O) groups is 2. The normalized spacial score (nSPS) is 11.6. The zero-order valence-corrected chi connectivity index (χ0v) is 9.66. The van der Waals surface area contributed by atoms with Crippen LogP contribution in [0.25, 0.3) is 0 Å². The molecule has 1 aromatic carbocycles. The molecule has 7 nitrogen and oxygen atoms in total. The van der Waals surface area contributed by atoms with Gasteiger partial charge in [0.25, 0.3) is 5.91 Å². The first kappa shape index (κ1) is 13.6. The highest BCUT2D eigenvalue weighted by atomic mass is 16.6. The Morgan fingerprint density at radius 2 is 2.28 bits per heavy atom. The third kappa shape index (κ3) is 3.03. The van der Waals surface area contributed by atoms with Crippen molar-refractivity contribution < 1.29 is 19.2 Å². The van der Waals surface area contributed by atoms with Gasteiger partial charge >= 0.3 is 5.69 Å². The van der Waals surface area contributed by atoms with Gasteiger partial charge in [-0.1, -0.05) is 6.92 Å². The monoisotopic (exact) mass is 252 g/mol. The van der Waals surface area contributed by atoms with E-state index in [0.717, 1.165) is 6.07 Å². The second-order valence-electron chi connectivity index (χ2n) is 3.52. The van der Waals surface area contributed by atoms with E-state index in [1.807, 2.05) is 0 Å². The second kappa shape index (κ2) is 5.76. The van der Waals surface area contributed by atoms with Crippen LogP contribution in [0.5, 0.6) is 5.75 Å². The van der Waals surface area contributed by atoms with Crippen molar-refractivity contribution in [2.75, 3.05) is 0 Å². The Hall–Kier alpha value is -2.44. The molecule has 0 aromatic heterocycles. The zero-order chi connectivity index (χ0) is 13.7. The van der Waals surface area contributed by atoms with E-state index in [2.05, 4.69) is 0 Å². The topological polar surface area (TPSA) is 113 Å². The van der Waals surface area contributed by atoms with Gasteiger partial charge in [0.05, 0.1) is 4.92 Å². The molecule has 0 bridgehead atoms. The third-order valence-corrected chi connectivity index (χ3v) is 2.27. The third-order valence-electron chi connectivity index (χ3n) is 2.27. The predicted molar refractivity (Wildman–Crippen MR) is 62.4 cm³/mol. The number of nitro benzene ring substituents is 1. The van der Waals surface area contributed by atoms with E-state index < -0.39 is 16.9 Å². The van der Waals surface area contributed by atoms with Crippen molar-refractivity contribution >= 4 is 17.9 Å². The zero-order valence-electron chi connectivity index (χ0n) is 9.66. The fourth-order valence-corrected chi connectivity index (χ4v) is 1.35. The molecular formula is C11H12N2O5. The molecule has 0 spiro atoms. The molecular weight excluding hydrogens is 240 g/mol. The number of ether oxygens (including phenoxy) is 1. The number of benzene rings is 1. The lowest BCUT2D eigenvalue weighted by Crippen LogP contribution is -2.33. The van der Waals surface area contributed by atoms with Crippen molar-refractivity contribution in [3.8, 4) is 5.75 Å². The molecule has 0 aliphatic rings. The maximum absolute atomic E-state index is 11.0. The van der Waals surface area contributed by atoms with Crippen LogP contribution >= 0.6 is 0 Å². The maximum Gasteiger partial charge on any atom is 0.310 e. The summed E-state index contributed by atoms with van der Waals surface area (Å²) < 4.78 is 5.18. The summed E-state index contributed by atoms with van der Waals surface area (Å²) in [5, 5.41) is 10.8. The molecule has 0 fully saturated rings. The molecule has 18 heavy (non-hydrogen) atoms. The van der Waals surface area contributed by atoms with E-state index in [0.29, 0.717) is 6.29 Å². The minimum Gasteiger partial charge on any atom is -0.473 e. The maximum atomic E-state index is 11.0. The van der Waals surface area contributed by atoms with Gasteiger partial charge in [-0.3, -0.25) is 19.7 Å². The van der Waals surface area contributed by atoms with Gasteiger partial charge in [-0.15, -0.1) is 0 Å². The van der Waals surface area contributed by atoms with E-state index in [4.69, 9.17) is 10.5 Å². The van der Waals surface area contributed by atoms with Gasteiger partial charge in [0, 0.05) is 11.6 Å². The number of nitro groups is 1. The number of aldehydes is 1. The fourth-order valence-electron chi connectivity index (χ4n) is 1.35. The standard InChI is InChI=1S/C11H12N2O5/c1-2-9(11(12)15)18-10-5-7(6-14)3-4-8(10)13(16)17/h3-6,9H,2H2,1H3,(H2,12,15). The first-order valence-electron chi connectivity index (χ1n) is 5.19. The van der Waals surface area contributed by atoms with Crippen LogP contribution in [0.15, 0.2) is 18.2 Å². The molecule has 2 N–H and O–H groups in total. The number of amides is 1. The Kier molecular flexibility index (Phi) is 4.36. The summed E-state index contributed by atoms with van der Waals surface area (Å²) in [5.41, 5.74) is 4.99. The van der Waals surface area contributed by atoms with Crippen LogP contribution < -0.4 is 10.5 Å². The van der Waals surface area contributed by atoms with Crippen molar-refractivity contribution in [2.24, 2.45) is 5.73 Å². The lowest BCUT2D eigenvalue weighted by atomic mass is 10.2. The van der Waals surface area contributed by atoms with Crippen LogP contribution in [-0.2, 0) is 4.79 Å². The second-order valence-corrected chi connectivity index (χ2v) is 3.52. The molecule has 0 heterocycles. The molecule has 0 radical (unpaired) electrons. The Labute approximate surface area is 103 Å². The summed E-state index contributed by atoms with van der Waals surface area (Å²) in [7, 11) is 0. The van der Waals surface area contributed by atoms with Gasteiger partial charge in [0.2, 0.25) is 0 Å². The molecule has 0 aliphatic heterocycles. The average molecular weight is 252 g/mol. The molecule has 1 rings (SSSR count). The summed E-state index contributed by atoms with van der Waals surface area (Å²) in [5.74, 6) is -0.862. The number of nitrogens with two attached hydrogens (primary N) is 1. The van der Waals surface area contributed by atoms with Crippen LogP contribution in [0.4, 0.5) is 5.69 Å². The quantitative estimate of drug-likeness (QED) is 0.462. The van der Waals surface area contributed by atoms with Crippen LogP contribution in [0.1, 0.15) is 23.7 Å². The summed E-state index contributed by atoms with van der Waals surface area (Å²) in [6, 6.07) is 3.65. The summed E-state index contributed by atoms with van der Waals surface area (Å²) in [6.07, 6.45) is -0.162. The van der Waals surface area contributed by atoms with Gasteiger partial charge < -0.3 is 10.5 Å². The van der Waals surface area contributed by atoms with Crippen molar-refractivity contribution in [3.63, 3.8) is 0 Å². The van der Waals surface area contributed by atoms with Crippen molar-refractivity contribution in [1.29, 1.82) is 0 Å². The SMILES string of the molecule is CCC(Oc1cc(C=O)ccc1[N+](=O)[O-])C(N)=O. The average Bonchev–Trinajstić information content (AvgIpc) is 2.34. The Morgan fingerprint density at radius 3 is 2.72 bits per heavy atom. The van der Waals surface area contributed by atoms with Gasteiger partial charge in [-0.05, 0) is 18.6 Å². The minimum atomic E-state index is -0.967.